The van der Waals surface area contributed by atoms with E-state index in [0.29, 0.717) is 23.9 Å². The lowest BCUT2D eigenvalue weighted by molar-refractivity contribution is 0.102. The SMILES string of the molecule is CCOc1ccc(C(=O)CSc2nnnn2Cc2ccccc2)cc1. The Bertz CT molecular complexity index is 819. The van der Waals surface area contributed by atoms with Crippen molar-refractivity contribution in [3.05, 3.63) is 65.7 Å². The van der Waals surface area contributed by atoms with Gasteiger partial charge in [0.2, 0.25) is 5.16 Å². The summed E-state index contributed by atoms with van der Waals surface area (Å²) in [5, 5.41) is 12.4. The number of Topliss-reactive ketones (excluding diaryl/α,β-unsaturated/α-hetero) is 1. The molecule has 0 aliphatic rings. The normalized spacial score (nSPS) is 10.6. The van der Waals surface area contributed by atoms with E-state index < -0.39 is 0 Å². The zero-order chi connectivity index (χ0) is 17.5. The molecule has 3 rings (SSSR count). The first-order valence-corrected chi connectivity index (χ1v) is 8.94. The van der Waals surface area contributed by atoms with Crippen molar-refractivity contribution in [1.82, 2.24) is 20.2 Å². The van der Waals surface area contributed by atoms with E-state index in [1.54, 1.807) is 28.9 Å². The number of hydrogen-bond acceptors (Lipinski definition) is 6. The lowest BCUT2D eigenvalue weighted by Gasteiger charge is -2.05. The van der Waals surface area contributed by atoms with E-state index in [2.05, 4.69) is 15.5 Å². The molecule has 0 N–H and O–H groups in total. The lowest BCUT2D eigenvalue weighted by atomic mass is 10.1. The molecule has 0 spiro atoms. The van der Waals surface area contributed by atoms with Crippen LogP contribution in [0.25, 0.3) is 0 Å². The van der Waals surface area contributed by atoms with Crippen LogP contribution in [-0.2, 0) is 6.54 Å². The summed E-state index contributed by atoms with van der Waals surface area (Å²) in [5.41, 5.74) is 1.76. The third-order valence-electron chi connectivity index (χ3n) is 3.49. The van der Waals surface area contributed by atoms with Crippen LogP contribution in [0.3, 0.4) is 0 Å². The number of hydrogen-bond donors (Lipinski definition) is 0. The molecular weight excluding hydrogens is 336 g/mol. The maximum Gasteiger partial charge on any atom is 0.210 e. The quantitative estimate of drug-likeness (QED) is 0.457. The van der Waals surface area contributed by atoms with E-state index in [1.165, 1.54) is 11.8 Å². The number of carbonyl (C=O) groups excluding carboxylic acids is 1. The Morgan fingerprint density at radius 2 is 1.88 bits per heavy atom. The van der Waals surface area contributed by atoms with Crippen LogP contribution in [0.2, 0.25) is 0 Å². The summed E-state index contributed by atoms with van der Waals surface area (Å²) in [6.07, 6.45) is 0. The fourth-order valence-corrected chi connectivity index (χ4v) is 3.04. The molecule has 0 saturated carbocycles. The number of thioether (sulfide) groups is 1. The highest BCUT2D eigenvalue weighted by Crippen LogP contribution is 2.18. The van der Waals surface area contributed by atoms with Crippen molar-refractivity contribution in [3.8, 4) is 5.75 Å². The van der Waals surface area contributed by atoms with Crippen molar-refractivity contribution >= 4 is 17.5 Å². The molecule has 128 valence electrons. The fraction of sp³-hybridized carbons (Fsp3) is 0.222. The Balaban J connectivity index is 1.60. The molecule has 25 heavy (non-hydrogen) atoms. The molecule has 7 heteroatoms. The van der Waals surface area contributed by atoms with E-state index in [1.807, 2.05) is 37.3 Å². The summed E-state index contributed by atoms with van der Waals surface area (Å²) in [5.74, 6) is 1.07. The average Bonchev–Trinajstić information content (AvgIpc) is 3.08. The zero-order valence-corrected chi connectivity index (χ0v) is 14.6. The van der Waals surface area contributed by atoms with E-state index in [4.69, 9.17) is 4.74 Å². The number of ketones is 1. The number of nitrogens with zero attached hydrogens (tertiary/aromatic N) is 4. The van der Waals surface area contributed by atoms with Gasteiger partial charge in [0, 0.05) is 5.56 Å². The standard InChI is InChI=1S/C18H18N4O2S/c1-2-24-16-10-8-15(9-11-16)17(23)13-25-18-19-20-21-22(18)12-14-6-4-3-5-7-14/h3-11H,2,12-13H2,1H3. The lowest BCUT2D eigenvalue weighted by Crippen LogP contribution is -2.07. The van der Waals surface area contributed by atoms with Crippen molar-refractivity contribution in [3.63, 3.8) is 0 Å². The van der Waals surface area contributed by atoms with Crippen molar-refractivity contribution in [1.29, 1.82) is 0 Å². The fourth-order valence-electron chi connectivity index (χ4n) is 2.27. The number of ether oxygens (including phenoxy) is 1. The van der Waals surface area contributed by atoms with Crippen molar-refractivity contribution in [2.45, 2.75) is 18.6 Å². The van der Waals surface area contributed by atoms with Gasteiger partial charge in [-0.15, -0.1) is 5.10 Å². The van der Waals surface area contributed by atoms with E-state index in [-0.39, 0.29) is 11.5 Å². The van der Waals surface area contributed by atoms with Crippen LogP contribution in [0, 0.1) is 0 Å². The summed E-state index contributed by atoms with van der Waals surface area (Å²) >= 11 is 1.34. The minimum absolute atomic E-state index is 0.0299. The second-order valence-corrected chi connectivity index (χ2v) is 6.22. The number of carbonyl (C=O) groups is 1. The first kappa shape index (κ1) is 17.2. The zero-order valence-electron chi connectivity index (χ0n) is 13.8. The largest absolute Gasteiger partial charge is 0.494 e. The van der Waals surface area contributed by atoms with Gasteiger partial charge in [-0.1, -0.05) is 42.1 Å². The molecule has 3 aromatic rings. The topological polar surface area (TPSA) is 69.9 Å². The average molecular weight is 354 g/mol. The highest BCUT2D eigenvalue weighted by atomic mass is 32.2. The molecule has 0 unspecified atom stereocenters. The van der Waals surface area contributed by atoms with Gasteiger partial charge in [0.15, 0.2) is 5.78 Å². The van der Waals surface area contributed by atoms with Gasteiger partial charge in [0.1, 0.15) is 5.75 Å². The molecule has 0 aliphatic carbocycles. The first-order chi connectivity index (χ1) is 12.3. The van der Waals surface area contributed by atoms with Gasteiger partial charge in [-0.2, -0.15) is 0 Å². The molecule has 0 radical (unpaired) electrons. The number of aromatic nitrogens is 4. The van der Waals surface area contributed by atoms with Gasteiger partial charge in [-0.3, -0.25) is 4.79 Å². The summed E-state index contributed by atoms with van der Waals surface area (Å²) in [6.45, 7) is 3.11. The van der Waals surface area contributed by atoms with Crippen LogP contribution in [-0.4, -0.2) is 38.4 Å². The summed E-state index contributed by atoms with van der Waals surface area (Å²) in [4.78, 5) is 12.3. The molecule has 1 aromatic heterocycles. The Morgan fingerprint density at radius 1 is 1.12 bits per heavy atom. The van der Waals surface area contributed by atoms with Gasteiger partial charge >= 0.3 is 0 Å². The molecule has 0 aliphatic heterocycles. The van der Waals surface area contributed by atoms with E-state index in [9.17, 15) is 4.79 Å². The van der Waals surface area contributed by atoms with Crippen LogP contribution < -0.4 is 4.74 Å². The van der Waals surface area contributed by atoms with Crippen LogP contribution in [0.1, 0.15) is 22.8 Å². The molecule has 6 nitrogen and oxygen atoms in total. The summed E-state index contributed by atoms with van der Waals surface area (Å²) in [7, 11) is 0. The minimum atomic E-state index is 0.0299. The highest BCUT2D eigenvalue weighted by molar-refractivity contribution is 7.99. The van der Waals surface area contributed by atoms with E-state index >= 15 is 0 Å². The Kier molecular flexibility index (Phi) is 5.79. The Hall–Kier alpha value is -2.67. The molecule has 0 amide bonds. The molecule has 0 fully saturated rings. The molecule has 0 bridgehead atoms. The van der Waals surface area contributed by atoms with Gasteiger partial charge in [0.05, 0.1) is 18.9 Å². The van der Waals surface area contributed by atoms with Crippen LogP contribution in [0.4, 0.5) is 0 Å². The Morgan fingerprint density at radius 3 is 2.60 bits per heavy atom. The Labute approximate surface area is 150 Å². The minimum Gasteiger partial charge on any atom is -0.494 e. The third kappa shape index (κ3) is 4.67. The predicted octanol–water partition coefficient (Wildman–Crippen LogP) is 3.10. The highest BCUT2D eigenvalue weighted by Gasteiger charge is 2.12. The summed E-state index contributed by atoms with van der Waals surface area (Å²) < 4.78 is 7.09. The van der Waals surface area contributed by atoms with E-state index in [0.717, 1.165) is 11.3 Å². The van der Waals surface area contributed by atoms with Gasteiger partial charge < -0.3 is 4.74 Å². The smallest absolute Gasteiger partial charge is 0.210 e. The van der Waals surface area contributed by atoms with Gasteiger partial charge in [0.25, 0.3) is 0 Å². The van der Waals surface area contributed by atoms with Crippen LogP contribution >= 0.6 is 11.8 Å². The van der Waals surface area contributed by atoms with Gasteiger partial charge in [-0.25, -0.2) is 4.68 Å². The van der Waals surface area contributed by atoms with Crippen LogP contribution in [0.15, 0.2) is 59.8 Å². The predicted molar refractivity (Wildman–Crippen MR) is 96.0 cm³/mol. The second kappa shape index (κ2) is 8.43. The molecule has 2 aromatic carbocycles. The third-order valence-corrected chi connectivity index (χ3v) is 4.45. The maximum atomic E-state index is 12.3. The van der Waals surface area contributed by atoms with Crippen molar-refractivity contribution in [2.24, 2.45) is 0 Å². The van der Waals surface area contributed by atoms with Gasteiger partial charge in [-0.05, 0) is 47.2 Å². The number of rotatable bonds is 8. The molecule has 0 saturated heterocycles. The molecule has 0 atom stereocenters. The number of tetrazole rings is 1. The van der Waals surface area contributed by atoms with Crippen LogP contribution in [0.5, 0.6) is 5.75 Å². The summed E-state index contributed by atoms with van der Waals surface area (Å²) in [6, 6.07) is 17.1. The molecule has 1 heterocycles. The second-order valence-electron chi connectivity index (χ2n) is 5.27. The maximum absolute atomic E-state index is 12.3. The number of benzene rings is 2. The first-order valence-electron chi connectivity index (χ1n) is 7.95. The molecular formula is C18H18N4O2S. The van der Waals surface area contributed by atoms with Crippen molar-refractivity contribution in [2.75, 3.05) is 12.4 Å². The monoisotopic (exact) mass is 354 g/mol. The van der Waals surface area contributed by atoms with Crippen molar-refractivity contribution < 1.29 is 9.53 Å².